The molecular weight excluding hydrogens is 136 g/mol. The highest BCUT2D eigenvalue weighted by molar-refractivity contribution is 5.97. The second kappa shape index (κ2) is 2.20. The quantitative estimate of drug-likeness (QED) is 0.518. The van der Waals surface area contributed by atoms with Gasteiger partial charge in [0.05, 0.1) is 0 Å². The Balaban J connectivity index is 2.29. The van der Waals surface area contributed by atoms with Crippen molar-refractivity contribution in [1.82, 2.24) is 0 Å². The van der Waals surface area contributed by atoms with Crippen molar-refractivity contribution < 1.29 is 4.79 Å². The average molecular weight is 150 g/mol. The van der Waals surface area contributed by atoms with E-state index in [1.807, 2.05) is 6.08 Å². The highest BCUT2D eigenvalue weighted by atomic mass is 16.1. The van der Waals surface area contributed by atoms with E-state index in [1.165, 1.54) is 12.8 Å². The molecule has 0 saturated heterocycles. The van der Waals surface area contributed by atoms with Gasteiger partial charge in [0.2, 0.25) is 0 Å². The van der Waals surface area contributed by atoms with Crippen molar-refractivity contribution in [2.75, 3.05) is 0 Å². The fourth-order valence-corrected chi connectivity index (χ4v) is 2.56. The largest absolute Gasteiger partial charge is 0.294 e. The van der Waals surface area contributed by atoms with Gasteiger partial charge in [0.1, 0.15) is 0 Å². The van der Waals surface area contributed by atoms with E-state index in [9.17, 15) is 4.79 Å². The number of rotatable bonds is 0. The molecule has 2 atom stereocenters. The molecule has 0 aliphatic heterocycles. The molecule has 1 saturated carbocycles. The molecule has 0 aromatic heterocycles. The summed E-state index contributed by atoms with van der Waals surface area (Å²) in [4.78, 5) is 11.5. The summed E-state index contributed by atoms with van der Waals surface area (Å²) in [5.74, 6) is 1.01. The molecule has 0 heterocycles. The molecule has 1 fully saturated rings. The van der Waals surface area contributed by atoms with Gasteiger partial charge in [-0.05, 0) is 31.3 Å². The molecule has 0 aromatic carbocycles. The molecule has 2 aliphatic rings. The normalized spacial score (nSPS) is 42.6. The lowest BCUT2D eigenvalue weighted by molar-refractivity contribution is -0.124. The van der Waals surface area contributed by atoms with Crippen LogP contribution in [0.2, 0.25) is 0 Å². The molecule has 0 unspecified atom stereocenters. The predicted molar refractivity (Wildman–Crippen MR) is 44.2 cm³/mol. The molecule has 1 spiro atoms. The number of carbonyl (C=O) groups is 1. The third-order valence-corrected chi connectivity index (χ3v) is 3.45. The van der Waals surface area contributed by atoms with Crippen molar-refractivity contribution in [3.63, 3.8) is 0 Å². The van der Waals surface area contributed by atoms with Crippen LogP contribution in [0, 0.1) is 11.3 Å². The minimum absolute atomic E-state index is 0.0556. The van der Waals surface area contributed by atoms with E-state index in [0.29, 0.717) is 11.7 Å². The maximum absolute atomic E-state index is 11.5. The molecular formula is C10H14O. The van der Waals surface area contributed by atoms with E-state index < -0.39 is 0 Å². The van der Waals surface area contributed by atoms with Crippen LogP contribution in [0.15, 0.2) is 12.2 Å². The van der Waals surface area contributed by atoms with Gasteiger partial charge in [0.15, 0.2) is 5.78 Å². The van der Waals surface area contributed by atoms with Crippen LogP contribution in [0.1, 0.15) is 32.6 Å². The van der Waals surface area contributed by atoms with E-state index in [0.717, 1.165) is 12.8 Å². The van der Waals surface area contributed by atoms with Crippen molar-refractivity contribution in [3.8, 4) is 0 Å². The second-order valence-corrected chi connectivity index (χ2v) is 3.92. The average Bonchev–Trinajstić information content (AvgIpc) is 2.48. The van der Waals surface area contributed by atoms with E-state index in [1.54, 1.807) is 6.08 Å². The van der Waals surface area contributed by atoms with E-state index in [2.05, 4.69) is 6.92 Å². The van der Waals surface area contributed by atoms with Gasteiger partial charge >= 0.3 is 0 Å². The zero-order valence-electron chi connectivity index (χ0n) is 6.97. The molecule has 2 aliphatic carbocycles. The van der Waals surface area contributed by atoms with Crippen LogP contribution < -0.4 is 0 Å². The summed E-state index contributed by atoms with van der Waals surface area (Å²) in [6.45, 7) is 2.22. The van der Waals surface area contributed by atoms with Gasteiger partial charge in [-0.1, -0.05) is 19.4 Å². The van der Waals surface area contributed by atoms with Gasteiger partial charge in [0, 0.05) is 5.41 Å². The van der Waals surface area contributed by atoms with E-state index >= 15 is 0 Å². The van der Waals surface area contributed by atoms with Crippen LogP contribution in [0.25, 0.3) is 0 Å². The van der Waals surface area contributed by atoms with Gasteiger partial charge in [0.25, 0.3) is 0 Å². The molecule has 1 nitrogen and oxygen atoms in total. The van der Waals surface area contributed by atoms with Gasteiger partial charge in [-0.25, -0.2) is 0 Å². The third-order valence-electron chi connectivity index (χ3n) is 3.45. The van der Waals surface area contributed by atoms with Gasteiger partial charge in [-0.2, -0.15) is 0 Å². The van der Waals surface area contributed by atoms with Crippen molar-refractivity contribution >= 4 is 5.78 Å². The summed E-state index contributed by atoms with van der Waals surface area (Å²) < 4.78 is 0. The standard InChI is InChI=1S/C10H14O/c1-8-4-2-6-10(8)7-3-5-9(10)11/h3,5,8H,2,4,6-7H2,1H3/t8-,10+/m0/s1. The number of hydrogen-bond donors (Lipinski definition) is 0. The van der Waals surface area contributed by atoms with Crippen LogP contribution in [-0.2, 0) is 4.79 Å². The summed E-state index contributed by atoms with van der Waals surface area (Å²) in [7, 11) is 0. The molecule has 2 rings (SSSR count). The SMILES string of the molecule is C[C@H]1CCC[C@@]12CC=CC2=O. The zero-order chi connectivity index (χ0) is 7.90. The molecule has 1 heteroatoms. The Morgan fingerprint density at radius 3 is 2.91 bits per heavy atom. The molecule has 11 heavy (non-hydrogen) atoms. The lowest BCUT2D eigenvalue weighted by atomic mass is 9.76. The molecule has 0 N–H and O–H groups in total. The van der Waals surface area contributed by atoms with Crippen LogP contribution in [-0.4, -0.2) is 5.78 Å². The fraction of sp³-hybridized carbons (Fsp3) is 0.700. The minimum atomic E-state index is 0.0556. The van der Waals surface area contributed by atoms with Crippen LogP contribution in [0.5, 0.6) is 0 Å². The number of carbonyl (C=O) groups excluding carboxylic acids is 1. The molecule has 60 valence electrons. The Morgan fingerprint density at radius 2 is 2.45 bits per heavy atom. The highest BCUT2D eigenvalue weighted by Crippen LogP contribution is 2.49. The first-order valence-corrected chi connectivity index (χ1v) is 4.47. The first-order valence-electron chi connectivity index (χ1n) is 4.47. The van der Waals surface area contributed by atoms with Crippen LogP contribution >= 0.6 is 0 Å². The Hall–Kier alpha value is -0.590. The second-order valence-electron chi connectivity index (χ2n) is 3.92. The van der Waals surface area contributed by atoms with Crippen molar-refractivity contribution in [3.05, 3.63) is 12.2 Å². The molecule has 0 aromatic rings. The maximum Gasteiger partial charge on any atom is 0.162 e. The number of allylic oxidation sites excluding steroid dienone is 2. The van der Waals surface area contributed by atoms with E-state index in [-0.39, 0.29) is 5.41 Å². The van der Waals surface area contributed by atoms with Crippen molar-refractivity contribution in [1.29, 1.82) is 0 Å². The number of ketones is 1. The third kappa shape index (κ3) is 0.800. The monoisotopic (exact) mass is 150 g/mol. The minimum Gasteiger partial charge on any atom is -0.294 e. The molecule has 0 radical (unpaired) electrons. The van der Waals surface area contributed by atoms with Gasteiger partial charge < -0.3 is 0 Å². The van der Waals surface area contributed by atoms with Crippen LogP contribution in [0.3, 0.4) is 0 Å². The predicted octanol–water partition coefficient (Wildman–Crippen LogP) is 2.32. The smallest absolute Gasteiger partial charge is 0.162 e. The lowest BCUT2D eigenvalue weighted by Crippen LogP contribution is -2.28. The van der Waals surface area contributed by atoms with Crippen molar-refractivity contribution in [2.24, 2.45) is 11.3 Å². The Kier molecular flexibility index (Phi) is 1.41. The maximum atomic E-state index is 11.5. The first-order chi connectivity index (χ1) is 5.26. The topological polar surface area (TPSA) is 17.1 Å². The van der Waals surface area contributed by atoms with Gasteiger partial charge in [-0.15, -0.1) is 0 Å². The van der Waals surface area contributed by atoms with Gasteiger partial charge in [-0.3, -0.25) is 4.79 Å². The lowest BCUT2D eigenvalue weighted by Gasteiger charge is -2.26. The van der Waals surface area contributed by atoms with Crippen LogP contribution in [0.4, 0.5) is 0 Å². The Morgan fingerprint density at radius 1 is 1.64 bits per heavy atom. The van der Waals surface area contributed by atoms with Crippen molar-refractivity contribution in [2.45, 2.75) is 32.6 Å². The summed E-state index contributed by atoms with van der Waals surface area (Å²) in [5.41, 5.74) is 0.0556. The Bertz CT molecular complexity index is 217. The summed E-state index contributed by atoms with van der Waals surface area (Å²) in [6, 6.07) is 0. The fourth-order valence-electron chi connectivity index (χ4n) is 2.56. The van der Waals surface area contributed by atoms with E-state index in [4.69, 9.17) is 0 Å². The summed E-state index contributed by atoms with van der Waals surface area (Å²) >= 11 is 0. The summed E-state index contributed by atoms with van der Waals surface area (Å²) in [6.07, 6.45) is 8.45. The summed E-state index contributed by atoms with van der Waals surface area (Å²) in [5, 5.41) is 0. The molecule has 0 amide bonds. The molecule has 0 bridgehead atoms. The Labute approximate surface area is 67.5 Å². The highest BCUT2D eigenvalue weighted by Gasteiger charge is 2.46. The number of hydrogen-bond acceptors (Lipinski definition) is 1. The zero-order valence-corrected chi connectivity index (χ0v) is 6.97. The first kappa shape index (κ1) is 7.08.